The maximum atomic E-state index is 12.9. The third-order valence-corrected chi connectivity index (χ3v) is 5.49. The van der Waals surface area contributed by atoms with Gasteiger partial charge in [-0.3, -0.25) is 4.79 Å². The van der Waals surface area contributed by atoms with Crippen LogP contribution in [0, 0.1) is 0 Å². The zero-order valence-corrected chi connectivity index (χ0v) is 15.2. The maximum Gasteiger partial charge on any atom is 0.241 e. The number of amides is 1. The fourth-order valence-electron chi connectivity index (χ4n) is 3.68. The molecule has 1 saturated heterocycles. The summed E-state index contributed by atoms with van der Waals surface area (Å²) >= 11 is 6.28. The molecule has 1 fully saturated rings. The van der Waals surface area contributed by atoms with Gasteiger partial charge in [0.05, 0.1) is 0 Å². The second kappa shape index (κ2) is 7.62. The van der Waals surface area contributed by atoms with E-state index in [1.165, 1.54) is 11.1 Å². The molecule has 26 heavy (non-hydrogen) atoms. The Morgan fingerprint density at radius 3 is 2.54 bits per heavy atom. The smallest absolute Gasteiger partial charge is 0.241 e. The minimum atomic E-state index is -0.219. The van der Waals surface area contributed by atoms with Crippen molar-refractivity contribution in [3.8, 4) is 0 Å². The molecule has 2 aromatic carbocycles. The normalized spacial score (nSPS) is 23.0. The zero-order valence-electron chi connectivity index (χ0n) is 14.5. The number of rotatable bonds is 3. The molecule has 2 heterocycles. The predicted octanol–water partition coefficient (Wildman–Crippen LogP) is 3.56. The van der Waals surface area contributed by atoms with Crippen LogP contribution in [0.3, 0.4) is 0 Å². The summed E-state index contributed by atoms with van der Waals surface area (Å²) in [6, 6.07) is 18.0. The molecular formula is C21H22ClN3O. The summed E-state index contributed by atoms with van der Waals surface area (Å²) < 4.78 is 0. The average Bonchev–Trinajstić information content (AvgIpc) is 3.18. The number of nitrogens with zero attached hydrogens (tertiary/aromatic N) is 1. The van der Waals surface area contributed by atoms with Gasteiger partial charge >= 0.3 is 0 Å². The van der Waals surface area contributed by atoms with Crippen LogP contribution in [-0.4, -0.2) is 29.9 Å². The van der Waals surface area contributed by atoms with Gasteiger partial charge in [0.25, 0.3) is 0 Å². The minimum Gasteiger partial charge on any atom is -0.337 e. The number of hydrogen-bond acceptors (Lipinski definition) is 3. The van der Waals surface area contributed by atoms with Crippen molar-refractivity contribution in [2.45, 2.75) is 24.9 Å². The van der Waals surface area contributed by atoms with Gasteiger partial charge in [0.15, 0.2) is 0 Å². The third kappa shape index (κ3) is 3.54. The Bertz CT molecular complexity index is 821. The van der Waals surface area contributed by atoms with E-state index in [1.54, 1.807) is 0 Å². The number of benzene rings is 2. The van der Waals surface area contributed by atoms with Crippen LogP contribution in [0.5, 0.6) is 0 Å². The van der Waals surface area contributed by atoms with E-state index in [2.05, 4.69) is 41.2 Å². The highest BCUT2D eigenvalue weighted by Crippen LogP contribution is 2.29. The molecule has 2 aliphatic heterocycles. The number of halogens is 1. The highest BCUT2D eigenvalue weighted by molar-refractivity contribution is 6.31. The van der Waals surface area contributed by atoms with Crippen LogP contribution in [-0.2, 0) is 4.79 Å². The molecule has 2 N–H and O–H groups in total. The van der Waals surface area contributed by atoms with Crippen LogP contribution in [0.25, 0.3) is 5.57 Å². The Morgan fingerprint density at radius 1 is 1.04 bits per heavy atom. The first-order valence-electron chi connectivity index (χ1n) is 9.01. The van der Waals surface area contributed by atoms with Crippen LogP contribution in [0.1, 0.15) is 30.0 Å². The van der Waals surface area contributed by atoms with Gasteiger partial charge < -0.3 is 4.90 Å². The molecule has 2 atom stereocenters. The molecule has 134 valence electrons. The first kappa shape index (κ1) is 17.3. The summed E-state index contributed by atoms with van der Waals surface area (Å²) in [5.74, 6) is 0.149. The fourth-order valence-corrected chi connectivity index (χ4v) is 3.95. The number of hydrogen-bond donors (Lipinski definition) is 2. The molecule has 0 saturated carbocycles. The molecule has 0 aliphatic carbocycles. The second-order valence-electron chi connectivity index (χ2n) is 6.78. The standard InChI is InChI=1S/C21H22ClN3O/c22-18-9-5-4-8-17(18)19-14-20(24-23-19)21(26)25-12-10-16(11-13-25)15-6-2-1-3-7-15/h1-10,19-20,23-24H,11-14H2. The summed E-state index contributed by atoms with van der Waals surface area (Å²) in [7, 11) is 0. The van der Waals surface area contributed by atoms with Crippen molar-refractivity contribution in [1.82, 2.24) is 15.8 Å². The monoisotopic (exact) mass is 367 g/mol. The lowest BCUT2D eigenvalue weighted by Crippen LogP contribution is -2.46. The van der Waals surface area contributed by atoms with Gasteiger partial charge in [0, 0.05) is 24.2 Å². The van der Waals surface area contributed by atoms with E-state index in [0.29, 0.717) is 13.0 Å². The van der Waals surface area contributed by atoms with Gasteiger partial charge in [0.2, 0.25) is 5.91 Å². The maximum absolute atomic E-state index is 12.9. The Balaban J connectivity index is 1.39. The van der Waals surface area contributed by atoms with Crippen molar-refractivity contribution in [2.24, 2.45) is 0 Å². The topological polar surface area (TPSA) is 44.4 Å². The summed E-state index contributed by atoms with van der Waals surface area (Å²) in [6.07, 6.45) is 3.77. The van der Waals surface area contributed by atoms with Gasteiger partial charge in [0.1, 0.15) is 6.04 Å². The number of hydrazine groups is 1. The predicted molar refractivity (Wildman–Crippen MR) is 104 cm³/mol. The molecular weight excluding hydrogens is 346 g/mol. The van der Waals surface area contributed by atoms with Crippen LogP contribution >= 0.6 is 11.6 Å². The van der Waals surface area contributed by atoms with Gasteiger partial charge in [-0.25, -0.2) is 10.9 Å². The van der Waals surface area contributed by atoms with Crippen molar-refractivity contribution in [1.29, 1.82) is 0 Å². The lowest BCUT2D eigenvalue weighted by atomic mass is 9.98. The molecule has 2 aliphatic rings. The Morgan fingerprint density at radius 2 is 1.81 bits per heavy atom. The van der Waals surface area contributed by atoms with Gasteiger partial charge in [-0.2, -0.15) is 0 Å². The molecule has 0 aromatic heterocycles. The van der Waals surface area contributed by atoms with E-state index in [9.17, 15) is 4.79 Å². The average molecular weight is 368 g/mol. The first-order valence-corrected chi connectivity index (χ1v) is 9.39. The quantitative estimate of drug-likeness (QED) is 0.871. The van der Waals surface area contributed by atoms with Crippen molar-refractivity contribution in [3.63, 3.8) is 0 Å². The van der Waals surface area contributed by atoms with Crippen molar-refractivity contribution >= 4 is 23.1 Å². The largest absolute Gasteiger partial charge is 0.337 e. The summed E-state index contributed by atoms with van der Waals surface area (Å²) in [5.41, 5.74) is 9.97. The van der Waals surface area contributed by atoms with Gasteiger partial charge in [-0.15, -0.1) is 0 Å². The molecule has 0 bridgehead atoms. The molecule has 2 aromatic rings. The van der Waals surface area contributed by atoms with Gasteiger partial charge in [-0.05, 0) is 35.6 Å². The molecule has 2 unspecified atom stereocenters. The molecule has 1 amide bonds. The lowest BCUT2D eigenvalue weighted by molar-refractivity contribution is -0.132. The second-order valence-corrected chi connectivity index (χ2v) is 7.19. The van der Waals surface area contributed by atoms with E-state index in [-0.39, 0.29) is 18.0 Å². The number of carbonyl (C=O) groups is 1. The lowest BCUT2D eigenvalue weighted by Gasteiger charge is -2.28. The van der Waals surface area contributed by atoms with E-state index in [4.69, 9.17) is 11.6 Å². The summed E-state index contributed by atoms with van der Waals surface area (Å²) in [5, 5.41) is 0.730. The fraction of sp³-hybridized carbons (Fsp3) is 0.286. The van der Waals surface area contributed by atoms with E-state index in [0.717, 1.165) is 23.6 Å². The molecule has 4 rings (SSSR count). The third-order valence-electron chi connectivity index (χ3n) is 5.15. The number of carbonyl (C=O) groups excluding carboxylic acids is 1. The van der Waals surface area contributed by atoms with Crippen LogP contribution in [0.15, 0.2) is 60.7 Å². The van der Waals surface area contributed by atoms with Crippen molar-refractivity contribution < 1.29 is 4.79 Å². The van der Waals surface area contributed by atoms with Crippen molar-refractivity contribution in [3.05, 3.63) is 76.8 Å². The van der Waals surface area contributed by atoms with E-state index < -0.39 is 0 Å². The summed E-state index contributed by atoms with van der Waals surface area (Å²) in [6.45, 7) is 1.42. The van der Waals surface area contributed by atoms with Crippen LogP contribution < -0.4 is 10.9 Å². The molecule has 0 spiro atoms. The number of nitrogens with one attached hydrogen (secondary N) is 2. The zero-order chi connectivity index (χ0) is 17.9. The molecule has 4 nitrogen and oxygen atoms in total. The first-order chi connectivity index (χ1) is 12.7. The van der Waals surface area contributed by atoms with Gasteiger partial charge in [-0.1, -0.05) is 66.2 Å². The van der Waals surface area contributed by atoms with Crippen LogP contribution in [0.2, 0.25) is 5.02 Å². The highest BCUT2D eigenvalue weighted by Gasteiger charge is 2.34. The SMILES string of the molecule is O=C(C1CC(c2ccccc2Cl)NN1)N1CC=C(c2ccccc2)CC1. The minimum absolute atomic E-state index is 0.0536. The van der Waals surface area contributed by atoms with E-state index >= 15 is 0 Å². The Kier molecular flexibility index (Phi) is 5.07. The molecule has 5 heteroatoms. The van der Waals surface area contributed by atoms with E-state index in [1.807, 2.05) is 35.2 Å². The summed E-state index contributed by atoms with van der Waals surface area (Å²) in [4.78, 5) is 14.8. The Hall–Kier alpha value is -2.14. The highest BCUT2D eigenvalue weighted by atomic mass is 35.5. The molecule has 0 radical (unpaired) electrons. The van der Waals surface area contributed by atoms with Crippen molar-refractivity contribution in [2.75, 3.05) is 13.1 Å². The van der Waals surface area contributed by atoms with Crippen LogP contribution in [0.4, 0.5) is 0 Å². The Labute approximate surface area is 158 Å².